The number of carbonyl (C=O) groups excluding carboxylic acids is 2. The van der Waals surface area contributed by atoms with Crippen molar-refractivity contribution in [3.8, 4) is 0 Å². The monoisotopic (exact) mass is 500 g/mol. The molecule has 0 saturated carbocycles. The van der Waals surface area contributed by atoms with Crippen LogP contribution in [0.5, 0.6) is 0 Å². The molecule has 194 valence electrons. The predicted octanol–water partition coefficient (Wildman–Crippen LogP) is 4.40. The fourth-order valence-electron chi connectivity index (χ4n) is 5.34. The summed E-state index contributed by atoms with van der Waals surface area (Å²) in [5, 5.41) is 9.27. The number of rotatable bonds is 7. The van der Waals surface area contributed by atoms with Crippen molar-refractivity contribution in [2.24, 2.45) is 5.92 Å². The first-order valence-corrected chi connectivity index (χ1v) is 12.9. The number of benzene rings is 2. The van der Waals surface area contributed by atoms with Gasteiger partial charge in [0.1, 0.15) is 0 Å². The minimum atomic E-state index is -0.284. The second kappa shape index (κ2) is 11.1. The lowest BCUT2D eigenvalue weighted by atomic mass is 9.99. The van der Waals surface area contributed by atoms with E-state index in [4.69, 9.17) is 0 Å². The number of likely N-dealkylation sites (tertiary alicyclic amines) is 1. The fraction of sp³-hybridized carbons (Fsp3) is 0.400. The highest BCUT2D eigenvalue weighted by Crippen LogP contribution is 2.39. The van der Waals surface area contributed by atoms with Crippen molar-refractivity contribution < 1.29 is 9.59 Å². The molecule has 1 fully saturated rings. The van der Waals surface area contributed by atoms with Crippen LogP contribution in [0.1, 0.15) is 76.6 Å². The van der Waals surface area contributed by atoms with Gasteiger partial charge < -0.3 is 10.2 Å². The van der Waals surface area contributed by atoms with E-state index >= 15 is 0 Å². The maximum Gasteiger partial charge on any atom is 0.267 e. The quantitative estimate of drug-likeness (QED) is 0.503. The molecule has 0 radical (unpaired) electrons. The van der Waals surface area contributed by atoms with Gasteiger partial charge in [-0.05, 0) is 74.4 Å². The first kappa shape index (κ1) is 26.3. The Morgan fingerprint density at radius 2 is 1.84 bits per heavy atom. The van der Waals surface area contributed by atoms with Crippen LogP contribution < -0.4 is 10.9 Å². The SMILES string of the molecule is Cc1cccc([C@@H]2CC[C@H](C(C)C)N2C(=O)CNC(=O)c2ccc(Cc3cc(C)n[nH]c3=O)c(C)c2)c1. The average Bonchev–Trinajstić information content (AvgIpc) is 3.31. The minimum absolute atomic E-state index is 0.0261. The van der Waals surface area contributed by atoms with Gasteiger partial charge in [0, 0.05) is 23.6 Å². The summed E-state index contributed by atoms with van der Waals surface area (Å²) in [6.07, 6.45) is 2.33. The molecule has 2 aromatic carbocycles. The van der Waals surface area contributed by atoms with Crippen molar-refractivity contribution in [1.82, 2.24) is 20.4 Å². The summed E-state index contributed by atoms with van der Waals surface area (Å²) in [7, 11) is 0. The van der Waals surface area contributed by atoms with E-state index in [-0.39, 0.29) is 36.0 Å². The third-order valence-corrected chi connectivity index (χ3v) is 7.31. The number of nitrogens with zero attached hydrogens (tertiary/aromatic N) is 2. The topological polar surface area (TPSA) is 95.2 Å². The van der Waals surface area contributed by atoms with Crippen LogP contribution in [0.25, 0.3) is 0 Å². The Labute approximate surface area is 218 Å². The first-order chi connectivity index (χ1) is 17.6. The Morgan fingerprint density at radius 1 is 1.05 bits per heavy atom. The third-order valence-electron chi connectivity index (χ3n) is 7.31. The van der Waals surface area contributed by atoms with Crippen LogP contribution in [0.2, 0.25) is 0 Å². The molecule has 7 heteroatoms. The van der Waals surface area contributed by atoms with E-state index in [9.17, 15) is 14.4 Å². The lowest BCUT2D eigenvalue weighted by Gasteiger charge is -2.33. The average molecular weight is 501 g/mol. The number of nitrogens with one attached hydrogen (secondary N) is 2. The van der Waals surface area contributed by atoms with Crippen LogP contribution in [0.3, 0.4) is 0 Å². The number of aryl methyl sites for hydroxylation is 3. The second-order valence-electron chi connectivity index (χ2n) is 10.5. The predicted molar refractivity (Wildman–Crippen MR) is 145 cm³/mol. The molecule has 37 heavy (non-hydrogen) atoms. The summed E-state index contributed by atoms with van der Waals surface area (Å²) in [6.45, 7) is 10.1. The van der Waals surface area contributed by atoms with Gasteiger partial charge >= 0.3 is 0 Å². The van der Waals surface area contributed by atoms with Crippen molar-refractivity contribution in [1.29, 1.82) is 0 Å². The van der Waals surface area contributed by atoms with E-state index in [0.717, 1.165) is 35.2 Å². The summed E-state index contributed by atoms with van der Waals surface area (Å²) in [6, 6.07) is 15.7. The van der Waals surface area contributed by atoms with Crippen molar-refractivity contribution in [2.75, 3.05) is 6.54 Å². The number of hydrogen-bond donors (Lipinski definition) is 2. The molecule has 2 amide bonds. The zero-order valence-corrected chi connectivity index (χ0v) is 22.3. The number of H-pyrrole nitrogens is 1. The second-order valence-corrected chi connectivity index (χ2v) is 10.5. The molecule has 4 rings (SSSR count). The first-order valence-electron chi connectivity index (χ1n) is 12.9. The summed E-state index contributed by atoms with van der Waals surface area (Å²) < 4.78 is 0. The maximum atomic E-state index is 13.4. The standard InChI is InChI=1S/C30H36N4O3/c1-18(2)26-11-12-27(23-8-6-7-19(3)13-23)34(26)28(35)17-31-29(36)24-10-9-22(20(4)14-24)16-25-15-21(5)32-33-30(25)37/h6-10,13-15,18,26-27H,11-12,16-17H2,1-5H3,(H,31,36)(H,33,37)/t26-,27+/m1/s1. The van der Waals surface area contributed by atoms with Crippen LogP contribution >= 0.6 is 0 Å². The van der Waals surface area contributed by atoms with Crippen LogP contribution in [-0.2, 0) is 11.2 Å². The van der Waals surface area contributed by atoms with Crippen molar-refractivity contribution in [3.05, 3.63) is 98.0 Å². The van der Waals surface area contributed by atoms with Gasteiger partial charge in [-0.2, -0.15) is 5.10 Å². The smallest absolute Gasteiger partial charge is 0.267 e. The molecule has 0 aliphatic carbocycles. The number of hydrogen-bond acceptors (Lipinski definition) is 4. The normalized spacial score (nSPS) is 17.3. The van der Waals surface area contributed by atoms with Gasteiger partial charge in [-0.15, -0.1) is 0 Å². The van der Waals surface area contributed by atoms with Gasteiger partial charge in [0.05, 0.1) is 18.3 Å². The highest BCUT2D eigenvalue weighted by atomic mass is 16.2. The minimum Gasteiger partial charge on any atom is -0.343 e. The fourth-order valence-corrected chi connectivity index (χ4v) is 5.34. The van der Waals surface area contributed by atoms with Crippen LogP contribution in [0, 0.1) is 26.7 Å². The molecule has 1 aliphatic heterocycles. The molecule has 2 atom stereocenters. The van der Waals surface area contributed by atoms with Gasteiger partial charge in [0.25, 0.3) is 11.5 Å². The number of carbonyl (C=O) groups is 2. The highest BCUT2D eigenvalue weighted by molar-refractivity contribution is 5.96. The zero-order chi connectivity index (χ0) is 26.7. The number of amides is 2. The molecular formula is C30H36N4O3. The van der Waals surface area contributed by atoms with E-state index in [1.54, 1.807) is 18.2 Å². The Bertz CT molecular complexity index is 1360. The van der Waals surface area contributed by atoms with Gasteiger partial charge in [0.15, 0.2) is 0 Å². The molecule has 1 aliphatic rings. The Balaban J connectivity index is 1.45. The Kier molecular flexibility index (Phi) is 7.91. The summed E-state index contributed by atoms with van der Waals surface area (Å²) in [5.41, 5.74) is 5.85. The van der Waals surface area contributed by atoms with Crippen molar-refractivity contribution in [2.45, 2.75) is 66.0 Å². The molecule has 0 spiro atoms. The lowest BCUT2D eigenvalue weighted by molar-refractivity contribution is -0.134. The van der Waals surface area contributed by atoms with Crippen molar-refractivity contribution in [3.63, 3.8) is 0 Å². The largest absolute Gasteiger partial charge is 0.343 e. The van der Waals surface area contributed by atoms with E-state index in [0.29, 0.717) is 23.5 Å². The molecule has 3 aromatic rings. The number of aromatic nitrogens is 2. The van der Waals surface area contributed by atoms with Crippen LogP contribution in [0.4, 0.5) is 0 Å². The van der Waals surface area contributed by atoms with E-state index in [1.807, 2.05) is 30.9 Å². The maximum absolute atomic E-state index is 13.4. The molecule has 1 saturated heterocycles. The van der Waals surface area contributed by atoms with Crippen LogP contribution in [-0.4, -0.2) is 39.5 Å². The molecule has 0 bridgehead atoms. The lowest BCUT2D eigenvalue weighted by Crippen LogP contribution is -2.45. The van der Waals surface area contributed by atoms with Gasteiger partial charge in [-0.3, -0.25) is 14.4 Å². The zero-order valence-electron chi connectivity index (χ0n) is 22.3. The Hall–Kier alpha value is -3.74. The third kappa shape index (κ3) is 5.98. The summed E-state index contributed by atoms with van der Waals surface area (Å²) in [4.78, 5) is 40.5. The molecule has 2 N–H and O–H groups in total. The number of aromatic amines is 1. The molecular weight excluding hydrogens is 464 g/mol. The van der Waals surface area contributed by atoms with Gasteiger partial charge in [0.2, 0.25) is 5.91 Å². The molecule has 0 unspecified atom stereocenters. The van der Waals surface area contributed by atoms with E-state index in [1.165, 1.54) is 5.56 Å². The molecule has 1 aromatic heterocycles. The molecule has 7 nitrogen and oxygen atoms in total. The highest BCUT2D eigenvalue weighted by Gasteiger charge is 2.39. The summed E-state index contributed by atoms with van der Waals surface area (Å²) >= 11 is 0. The summed E-state index contributed by atoms with van der Waals surface area (Å²) in [5.74, 6) is -0.00856. The molecule has 2 heterocycles. The van der Waals surface area contributed by atoms with Crippen LogP contribution in [0.15, 0.2) is 53.3 Å². The van der Waals surface area contributed by atoms with Crippen molar-refractivity contribution >= 4 is 11.8 Å². The van der Waals surface area contributed by atoms with Gasteiger partial charge in [-0.1, -0.05) is 49.7 Å². The van der Waals surface area contributed by atoms with E-state index in [2.05, 4.69) is 54.5 Å². The Morgan fingerprint density at radius 3 is 2.54 bits per heavy atom. The van der Waals surface area contributed by atoms with Gasteiger partial charge in [-0.25, -0.2) is 5.10 Å². The van der Waals surface area contributed by atoms with E-state index < -0.39 is 0 Å².